The molecule has 0 fully saturated rings. The van der Waals surface area contributed by atoms with E-state index >= 15 is 0 Å². The van der Waals surface area contributed by atoms with Gasteiger partial charge in [-0.15, -0.1) is 11.8 Å². The molecule has 1 rings (SSSR count). The Bertz CT molecular complexity index is 362. The van der Waals surface area contributed by atoms with E-state index in [2.05, 4.69) is 52.0 Å². The lowest BCUT2D eigenvalue weighted by Gasteiger charge is -2.23. The summed E-state index contributed by atoms with van der Waals surface area (Å²) in [4.78, 5) is 1.18. The molecule has 0 bridgehead atoms. The highest BCUT2D eigenvalue weighted by Crippen LogP contribution is 2.28. The molecule has 3 N–H and O–H groups in total. The molecule has 0 saturated heterocycles. The molecule has 108 valence electrons. The monoisotopic (exact) mass is 281 g/mol. The molecule has 0 aliphatic carbocycles. The minimum absolute atomic E-state index is 0.0415. The molecule has 0 aromatic heterocycles. The summed E-state index contributed by atoms with van der Waals surface area (Å²) in [6.07, 6.45) is 0.947. The quantitative estimate of drug-likeness (QED) is 0.750. The predicted octanol–water partition coefficient (Wildman–Crippen LogP) is 3.64. The summed E-state index contributed by atoms with van der Waals surface area (Å²) in [6.45, 7) is 8.84. The summed E-state index contributed by atoms with van der Waals surface area (Å²) in [6, 6.07) is 8.63. The van der Waals surface area contributed by atoms with Gasteiger partial charge in [0.1, 0.15) is 0 Å². The highest BCUT2D eigenvalue weighted by Gasteiger charge is 2.19. The van der Waals surface area contributed by atoms with Crippen LogP contribution in [0.5, 0.6) is 0 Å². The van der Waals surface area contributed by atoms with Crippen molar-refractivity contribution in [2.75, 3.05) is 6.61 Å². The maximum Gasteiger partial charge on any atom is 0.0568 e. The summed E-state index contributed by atoms with van der Waals surface area (Å²) in [5.74, 6) is 1.11. The molecule has 2 nitrogen and oxygen atoms in total. The second-order valence-corrected chi connectivity index (χ2v) is 7.17. The van der Waals surface area contributed by atoms with Crippen LogP contribution in [0.15, 0.2) is 29.2 Å². The number of aliphatic hydroxyl groups excluding tert-OH is 1. The molecule has 0 aliphatic heterocycles. The molecule has 0 spiro atoms. The fourth-order valence-electron chi connectivity index (χ4n) is 2.06. The Morgan fingerprint density at radius 3 is 2.11 bits per heavy atom. The molecule has 2 atom stereocenters. The second kappa shape index (κ2) is 7.93. The topological polar surface area (TPSA) is 46.2 Å². The van der Waals surface area contributed by atoms with Crippen molar-refractivity contribution in [2.24, 2.45) is 11.7 Å². The lowest BCUT2D eigenvalue weighted by atomic mass is 10.0. The summed E-state index contributed by atoms with van der Waals surface area (Å²) >= 11 is 1.68. The normalized spacial score (nSPS) is 14.9. The minimum Gasteiger partial charge on any atom is -0.395 e. The van der Waals surface area contributed by atoms with Gasteiger partial charge in [0.05, 0.1) is 6.61 Å². The average Bonchev–Trinajstić information content (AvgIpc) is 2.35. The van der Waals surface area contributed by atoms with Gasteiger partial charge in [-0.3, -0.25) is 0 Å². The van der Waals surface area contributed by atoms with Crippen LogP contribution in [0, 0.1) is 5.92 Å². The molecule has 3 heteroatoms. The van der Waals surface area contributed by atoms with E-state index in [0.29, 0.717) is 11.8 Å². The van der Waals surface area contributed by atoms with Crippen LogP contribution in [0.3, 0.4) is 0 Å². The van der Waals surface area contributed by atoms with E-state index in [0.717, 1.165) is 6.42 Å². The Morgan fingerprint density at radius 2 is 1.68 bits per heavy atom. The van der Waals surface area contributed by atoms with Crippen molar-refractivity contribution in [3.05, 3.63) is 29.8 Å². The third-order valence-corrected chi connectivity index (χ3v) is 4.58. The number of aliphatic hydroxyl groups is 1. The van der Waals surface area contributed by atoms with E-state index in [-0.39, 0.29) is 17.9 Å². The lowest BCUT2D eigenvalue weighted by Crippen LogP contribution is -2.36. The largest absolute Gasteiger partial charge is 0.395 e. The highest BCUT2D eigenvalue weighted by atomic mass is 32.2. The summed E-state index contributed by atoms with van der Waals surface area (Å²) in [5, 5.41) is 9.59. The van der Waals surface area contributed by atoms with Crippen molar-refractivity contribution in [2.45, 2.75) is 56.2 Å². The number of thioether (sulfide) groups is 1. The van der Waals surface area contributed by atoms with Gasteiger partial charge in [0.25, 0.3) is 0 Å². The summed E-state index contributed by atoms with van der Waals surface area (Å²) in [5.41, 5.74) is 7.52. The van der Waals surface area contributed by atoms with Crippen molar-refractivity contribution >= 4 is 11.8 Å². The first-order chi connectivity index (χ1) is 8.93. The number of hydrogen-bond donors (Lipinski definition) is 2. The van der Waals surface area contributed by atoms with Gasteiger partial charge in [0.15, 0.2) is 0 Å². The third-order valence-electron chi connectivity index (χ3n) is 3.24. The van der Waals surface area contributed by atoms with Gasteiger partial charge in [-0.05, 0) is 36.0 Å². The fourth-order valence-corrected chi connectivity index (χ4v) is 3.07. The van der Waals surface area contributed by atoms with E-state index < -0.39 is 0 Å². The van der Waals surface area contributed by atoms with Crippen molar-refractivity contribution in [1.29, 1.82) is 0 Å². The molecule has 1 aromatic carbocycles. The van der Waals surface area contributed by atoms with Gasteiger partial charge in [-0.25, -0.2) is 0 Å². The van der Waals surface area contributed by atoms with E-state index in [4.69, 9.17) is 5.73 Å². The van der Waals surface area contributed by atoms with Crippen LogP contribution < -0.4 is 5.73 Å². The SMILES string of the molecule is CC(C)CC(N)C(CO)Sc1ccc(C(C)C)cc1. The van der Waals surface area contributed by atoms with E-state index in [9.17, 15) is 5.11 Å². The fraction of sp³-hybridized carbons (Fsp3) is 0.625. The van der Waals surface area contributed by atoms with E-state index in [1.165, 1.54) is 10.5 Å². The van der Waals surface area contributed by atoms with Crippen LogP contribution in [-0.2, 0) is 0 Å². The molecule has 2 unspecified atom stereocenters. The van der Waals surface area contributed by atoms with Gasteiger partial charge in [0.2, 0.25) is 0 Å². The zero-order valence-corrected chi connectivity index (χ0v) is 13.3. The predicted molar refractivity (Wildman–Crippen MR) is 84.7 cm³/mol. The van der Waals surface area contributed by atoms with E-state index in [1.807, 2.05) is 0 Å². The zero-order valence-electron chi connectivity index (χ0n) is 12.5. The Hall–Kier alpha value is -0.510. The number of benzene rings is 1. The Kier molecular flexibility index (Phi) is 6.90. The highest BCUT2D eigenvalue weighted by molar-refractivity contribution is 8.00. The maximum atomic E-state index is 9.51. The third kappa shape index (κ3) is 5.55. The van der Waals surface area contributed by atoms with Gasteiger partial charge < -0.3 is 10.8 Å². The van der Waals surface area contributed by atoms with Crippen molar-refractivity contribution in [3.63, 3.8) is 0 Å². The van der Waals surface area contributed by atoms with Crippen LogP contribution in [0.25, 0.3) is 0 Å². The number of rotatable bonds is 7. The molecule has 0 aliphatic rings. The molecular formula is C16H27NOS. The lowest BCUT2D eigenvalue weighted by molar-refractivity contribution is 0.275. The van der Waals surface area contributed by atoms with Gasteiger partial charge in [-0.2, -0.15) is 0 Å². The van der Waals surface area contributed by atoms with Gasteiger partial charge in [-0.1, -0.05) is 39.8 Å². The molecule has 0 saturated carbocycles. The first-order valence-corrected chi connectivity index (χ1v) is 7.95. The number of hydrogen-bond acceptors (Lipinski definition) is 3. The maximum absolute atomic E-state index is 9.51. The molecule has 0 radical (unpaired) electrons. The van der Waals surface area contributed by atoms with Gasteiger partial charge >= 0.3 is 0 Å². The first-order valence-electron chi connectivity index (χ1n) is 7.07. The van der Waals surface area contributed by atoms with Crippen LogP contribution in [0.2, 0.25) is 0 Å². The number of nitrogens with two attached hydrogens (primary N) is 1. The Morgan fingerprint density at radius 1 is 1.11 bits per heavy atom. The molecule has 0 amide bonds. The Balaban J connectivity index is 2.65. The minimum atomic E-state index is 0.0415. The van der Waals surface area contributed by atoms with Crippen LogP contribution in [-0.4, -0.2) is 23.0 Å². The van der Waals surface area contributed by atoms with Crippen molar-refractivity contribution < 1.29 is 5.11 Å². The van der Waals surface area contributed by atoms with E-state index in [1.54, 1.807) is 11.8 Å². The average molecular weight is 281 g/mol. The Labute approximate surface area is 121 Å². The van der Waals surface area contributed by atoms with Gasteiger partial charge in [0, 0.05) is 16.2 Å². The molecule has 1 aromatic rings. The standard InChI is InChI=1S/C16H27NOS/c1-11(2)9-15(17)16(10-18)19-14-7-5-13(6-8-14)12(3)4/h5-8,11-12,15-16,18H,9-10,17H2,1-4H3. The smallest absolute Gasteiger partial charge is 0.0568 e. The van der Waals surface area contributed by atoms with Crippen molar-refractivity contribution in [1.82, 2.24) is 0 Å². The van der Waals surface area contributed by atoms with Crippen molar-refractivity contribution in [3.8, 4) is 0 Å². The molecular weight excluding hydrogens is 254 g/mol. The molecule has 0 heterocycles. The first kappa shape index (κ1) is 16.5. The summed E-state index contributed by atoms with van der Waals surface area (Å²) in [7, 11) is 0. The van der Waals surface area contributed by atoms with Crippen LogP contribution in [0.1, 0.15) is 45.6 Å². The summed E-state index contributed by atoms with van der Waals surface area (Å²) < 4.78 is 0. The van der Waals surface area contributed by atoms with Crippen LogP contribution in [0.4, 0.5) is 0 Å². The van der Waals surface area contributed by atoms with Crippen LogP contribution >= 0.6 is 11.8 Å². The zero-order chi connectivity index (χ0) is 14.4. The second-order valence-electron chi connectivity index (χ2n) is 5.86. The molecule has 19 heavy (non-hydrogen) atoms.